The highest BCUT2D eigenvalue weighted by Crippen LogP contribution is 2.16. The molecule has 2 nitrogen and oxygen atoms in total. The predicted molar refractivity (Wildman–Crippen MR) is 53.4 cm³/mol. The standard InChI is InChI=1S/C11H15NO/c1-8(2)7-10(13)11-9(3)5-4-6-12-11/h4-7,10,13H,1-3H3. The van der Waals surface area contributed by atoms with Crippen LogP contribution in [0.1, 0.15) is 31.2 Å². The Bertz CT molecular complexity index is 314. The van der Waals surface area contributed by atoms with Crippen molar-refractivity contribution in [2.75, 3.05) is 0 Å². The first-order valence-corrected chi connectivity index (χ1v) is 4.36. The molecule has 0 fully saturated rings. The monoisotopic (exact) mass is 177 g/mol. The molecule has 13 heavy (non-hydrogen) atoms. The summed E-state index contributed by atoms with van der Waals surface area (Å²) in [6.45, 7) is 5.87. The highest BCUT2D eigenvalue weighted by molar-refractivity contribution is 5.23. The van der Waals surface area contributed by atoms with Crippen LogP contribution >= 0.6 is 0 Å². The van der Waals surface area contributed by atoms with Crippen molar-refractivity contribution in [1.82, 2.24) is 4.98 Å². The molecular weight excluding hydrogens is 162 g/mol. The van der Waals surface area contributed by atoms with Crippen LogP contribution in [0.5, 0.6) is 0 Å². The van der Waals surface area contributed by atoms with Gasteiger partial charge < -0.3 is 5.11 Å². The number of aliphatic hydroxyl groups is 1. The van der Waals surface area contributed by atoms with Crippen LogP contribution in [0, 0.1) is 6.92 Å². The lowest BCUT2D eigenvalue weighted by Gasteiger charge is -2.08. The molecule has 0 aromatic carbocycles. The number of rotatable bonds is 2. The molecule has 1 atom stereocenters. The molecule has 0 radical (unpaired) electrons. The number of hydrogen-bond donors (Lipinski definition) is 1. The molecule has 0 bridgehead atoms. The van der Waals surface area contributed by atoms with Crippen molar-refractivity contribution in [3.8, 4) is 0 Å². The Hall–Kier alpha value is -1.15. The van der Waals surface area contributed by atoms with Gasteiger partial charge in [0.25, 0.3) is 0 Å². The summed E-state index contributed by atoms with van der Waals surface area (Å²) < 4.78 is 0. The van der Waals surface area contributed by atoms with Gasteiger partial charge in [-0.15, -0.1) is 0 Å². The van der Waals surface area contributed by atoms with Crippen molar-refractivity contribution in [2.45, 2.75) is 26.9 Å². The number of hydrogen-bond acceptors (Lipinski definition) is 2. The summed E-state index contributed by atoms with van der Waals surface area (Å²) in [5, 5.41) is 9.73. The van der Waals surface area contributed by atoms with Crippen LogP contribution in [0.2, 0.25) is 0 Å². The molecule has 0 aliphatic heterocycles. The fourth-order valence-electron chi connectivity index (χ4n) is 1.20. The van der Waals surface area contributed by atoms with E-state index < -0.39 is 6.10 Å². The van der Waals surface area contributed by atoms with E-state index in [0.29, 0.717) is 0 Å². The first kappa shape index (κ1) is 9.93. The maximum Gasteiger partial charge on any atom is 0.115 e. The van der Waals surface area contributed by atoms with Crippen molar-refractivity contribution >= 4 is 0 Å². The van der Waals surface area contributed by atoms with Gasteiger partial charge in [-0.05, 0) is 32.4 Å². The molecule has 0 aliphatic rings. The Kier molecular flexibility index (Phi) is 3.20. The zero-order valence-electron chi connectivity index (χ0n) is 8.28. The van der Waals surface area contributed by atoms with Crippen LogP contribution in [-0.4, -0.2) is 10.1 Å². The molecule has 1 heterocycles. The quantitative estimate of drug-likeness (QED) is 0.703. The van der Waals surface area contributed by atoms with Gasteiger partial charge in [0.15, 0.2) is 0 Å². The van der Waals surface area contributed by atoms with Gasteiger partial charge in [0.1, 0.15) is 6.10 Å². The maximum absolute atomic E-state index is 9.73. The van der Waals surface area contributed by atoms with Crippen LogP contribution in [0.3, 0.4) is 0 Å². The molecule has 0 saturated carbocycles. The second-order valence-electron chi connectivity index (χ2n) is 3.39. The molecular formula is C11H15NO. The maximum atomic E-state index is 9.73. The number of aryl methyl sites for hydroxylation is 1. The molecule has 0 saturated heterocycles. The van der Waals surface area contributed by atoms with Gasteiger partial charge in [-0.3, -0.25) is 4.98 Å². The van der Waals surface area contributed by atoms with Crippen LogP contribution < -0.4 is 0 Å². The minimum absolute atomic E-state index is 0.578. The van der Waals surface area contributed by atoms with Gasteiger partial charge in [-0.2, -0.15) is 0 Å². The van der Waals surface area contributed by atoms with Crippen LogP contribution in [0.4, 0.5) is 0 Å². The Balaban J connectivity index is 2.95. The zero-order valence-corrected chi connectivity index (χ0v) is 8.28. The second-order valence-corrected chi connectivity index (χ2v) is 3.39. The Morgan fingerprint density at radius 2 is 2.23 bits per heavy atom. The van der Waals surface area contributed by atoms with Crippen molar-refractivity contribution < 1.29 is 5.11 Å². The summed E-state index contributed by atoms with van der Waals surface area (Å²) in [6.07, 6.45) is 2.92. The molecule has 1 unspecified atom stereocenters. The summed E-state index contributed by atoms with van der Waals surface area (Å²) in [7, 11) is 0. The largest absolute Gasteiger partial charge is 0.383 e. The molecule has 1 N–H and O–H groups in total. The summed E-state index contributed by atoms with van der Waals surface area (Å²) in [4.78, 5) is 4.14. The van der Waals surface area contributed by atoms with E-state index in [-0.39, 0.29) is 0 Å². The molecule has 0 spiro atoms. The third-order valence-electron chi connectivity index (χ3n) is 1.82. The molecule has 0 amide bonds. The van der Waals surface area contributed by atoms with E-state index in [9.17, 15) is 5.11 Å². The number of allylic oxidation sites excluding steroid dienone is 1. The minimum Gasteiger partial charge on any atom is -0.383 e. The molecule has 70 valence electrons. The van der Waals surface area contributed by atoms with E-state index in [1.54, 1.807) is 12.3 Å². The van der Waals surface area contributed by atoms with Gasteiger partial charge in [-0.1, -0.05) is 17.7 Å². The minimum atomic E-state index is -0.578. The fourth-order valence-corrected chi connectivity index (χ4v) is 1.20. The highest BCUT2D eigenvalue weighted by atomic mass is 16.3. The average molecular weight is 177 g/mol. The molecule has 1 rings (SSSR count). The first-order chi connectivity index (χ1) is 6.11. The lowest BCUT2D eigenvalue weighted by atomic mass is 10.1. The van der Waals surface area contributed by atoms with Crippen LogP contribution in [0.15, 0.2) is 30.0 Å². The molecule has 0 aliphatic carbocycles. The Morgan fingerprint density at radius 1 is 1.54 bits per heavy atom. The Morgan fingerprint density at radius 3 is 2.77 bits per heavy atom. The van der Waals surface area contributed by atoms with Crippen LogP contribution in [0.25, 0.3) is 0 Å². The third kappa shape index (κ3) is 2.67. The van der Waals surface area contributed by atoms with E-state index in [4.69, 9.17) is 0 Å². The average Bonchev–Trinajstić information content (AvgIpc) is 2.03. The number of aliphatic hydroxyl groups excluding tert-OH is 1. The second kappa shape index (κ2) is 4.19. The van der Waals surface area contributed by atoms with E-state index >= 15 is 0 Å². The molecule has 2 heteroatoms. The summed E-state index contributed by atoms with van der Waals surface area (Å²) in [5.41, 5.74) is 2.86. The van der Waals surface area contributed by atoms with Gasteiger partial charge in [0.05, 0.1) is 5.69 Å². The van der Waals surface area contributed by atoms with E-state index in [1.807, 2.05) is 32.9 Å². The number of pyridine rings is 1. The zero-order chi connectivity index (χ0) is 9.84. The Labute approximate surface area is 78.9 Å². The van der Waals surface area contributed by atoms with Crippen molar-refractivity contribution in [3.63, 3.8) is 0 Å². The lowest BCUT2D eigenvalue weighted by Crippen LogP contribution is -2.00. The lowest BCUT2D eigenvalue weighted by molar-refractivity contribution is 0.222. The van der Waals surface area contributed by atoms with E-state index in [0.717, 1.165) is 16.8 Å². The third-order valence-corrected chi connectivity index (χ3v) is 1.82. The number of aromatic nitrogens is 1. The van der Waals surface area contributed by atoms with Gasteiger partial charge in [-0.25, -0.2) is 0 Å². The van der Waals surface area contributed by atoms with Gasteiger partial charge >= 0.3 is 0 Å². The predicted octanol–water partition coefficient (Wildman–Crippen LogP) is 2.39. The SMILES string of the molecule is CC(C)=CC(O)c1ncccc1C. The van der Waals surface area contributed by atoms with E-state index in [1.165, 1.54) is 0 Å². The summed E-state index contributed by atoms with van der Waals surface area (Å²) in [6, 6.07) is 3.82. The summed E-state index contributed by atoms with van der Waals surface area (Å²) in [5.74, 6) is 0. The first-order valence-electron chi connectivity index (χ1n) is 4.36. The van der Waals surface area contributed by atoms with Gasteiger partial charge in [0, 0.05) is 6.20 Å². The highest BCUT2D eigenvalue weighted by Gasteiger charge is 2.07. The topological polar surface area (TPSA) is 33.1 Å². The van der Waals surface area contributed by atoms with E-state index in [2.05, 4.69) is 4.98 Å². The fraction of sp³-hybridized carbons (Fsp3) is 0.364. The van der Waals surface area contributed by atoms with Crippen LogP contribution in [-0.2, 0) is 0 Å². The molecule has 1 aromatic rings. The smallest absolute Gasteiger partial charge is 0.115 e. The van der Waals surface area contributed by atoms with Crippen molar-refractivity contribution in [3.05, 3.63) is 41.2 Å². The summed E-state index contributed by atoms with van der Waals surface area (Å²) >= 11 is 0. The van der Waals surface area contributed by atoms with Crippen molar-refractivity contribution in [2.24, 2.45) is 0 Å². The normalized spacial score (nSPS) is 12.3. The van der Waals surface area contributed by atoms with Gasteiger partial charge in [0.2, 0.25) is 0 Å². The van der Waals surface area contributed by atoms with Crippen molar-refractivity contribution in [1.29, 1.82) is 0 Å². The number of nitrogens with zero attached hydrogens (tertiary/aromatic N) is 1. The molecule has 1 aromatic heterocycles.